The highest BCUT2D eigenvalue weighted by atomic mass is 16.5. The van der Waals surface area contributed by atoms with E-state index in [0.29, 0.717) is 19.7 Å². The minimum absolute atomic E-state index is 0.0306. The molecule has 1 amide bonds. The average molecular weight is 327 g/mol. The molecule has 7 heteroatoms. The van der Waals surface area contributed by atoms with Crippen molar-refractivity contribution in [1.82, 2.24) is 25.1 Å². The second-order valence-corrected chi connectivity index (χ2v) is 6.60. The van der Waals surface area contributed by atoms with Crippen LogP contribution in [0.5, 0.6) is 0 Å². The van der Waals surface area contributed by atoms with E-state index in [1.165, 1.54) is 23.9 Å². The molecule has 1 saturated heterocycles. The predicted molar refractivity (Wildman–Crippen MR) is 86.1 cm³/mol. The maximum Gasteiger partial charge on any atom is 0.252 e. The van der Waals surface area contributed by atoms with Crippen LogP contribution in [0.15, 0.2) is 36.7 Å². The van der Waals surface area contributed by atoms with Crippen LogP contribution in [0.3, 0.4) is 0 Å². The van der Waals surface area contributed by atoms with Crippen LogP contribution in [-0.4, -0.2) is 56.3 Å². The van der Waals surface area contributed by atoms with E-state index >= 15 is 0 Å². The van der Waals surface area contributed by atoms with Gasteiger partial charge in [0.05, 0.1) is 12.2 Å². The van der Waals surface area contributed by atoms with Crippen molar-refractivity contribution < 1.29 is 9.53 Å². The van der Waals surface area contributed by atoms with Crippen molar-refractivity contribution in [2.45, 2.75) is 37.3 Å². The number of amides is 1. The fourth-order valence-corrected chi connectivity index (χ4v) is 3.86. The van der Waals surface area contributed by atoms with Crippen LogP contribution >= 0.6 is 0 Å². The molecule has 126 valence electrons. The van der Waals surface area contributed by atoms with Gasteiger partial charge in [-0.05, 0) is 28.8 Å². The molecule has 7 nitrogen and oxygen atoms in total. The van der Waals surface area contributed by atoms with Gasteiger partial charge in [0.1, 0.15) is 6.33 Å². The van der Waals surface area contributed by atoms with Gasteiger partial charge in [0, 0.05) is 13.1 Å². The first-order valence-electron chi connectivity index (χ1n) is 8.48. The van der Waals surface area contributed by atoms with Gasteiger partial charge in [-0.25, -0.2) is 4.68 Å². The van der Waals surface area contributed by atoms with Crippen LogP contribution in [0.4, 0.5) is 0 Å². The van der Waals surface area contributed by atoms with Gasteiger partial charge >= 0.3 is 0 Å². The van der Waals surface area contributed by atoms with E-state index < -0.39 is 6.04 Å². The molecule has 4 rings (SSSR count). The van der Waals surface area contributed by atoms with Crippen molar-refractivity contribution in [2.24, 2.45) is 0 Å². The van der Waals surface area contributed by atoms with E-state index in [1.54, 1.807) is 0 Å². The zero-order valence-electron chi connectivity index (χ0n) is 13.5. The van der Waals surface area contributed by atoms with Crippen LogP contribution in [-0.2, 0) is 9.53 Å². The van der Waals surface area contributed by atoms with Crippen molar-refractivity contribution >= 4 is 5.91 Å². The lowest BCUT2D eigenvalue weighted by Gasteiger charge is -2.41. The predicted octanol–water partition coefficient (Wildman–Crippen LogP) is 1.43. The van der Waals surface area contributed by atoms with Crippen molar-refractivity contribution in [3.63, 3.8) is 0 Å². The molecular weight excluding hydrogens is 306 g/mol. The third kappa shape index (κ3) is 2.80. The number of rotatable bonds is 3. The molecule has 2 aliphatic rings. The molecule has 1 aliphatic heterocycles. The zero-order valence-corrected chi connectivity index (χ0v) is 13.5. The number of nitrogens with zero attached hydrogens (tertiary/aromatic N) is 5. The van der Waals surface area contributed by atoms with Gasteiger partial charge in [-0.1, -0.05) is 43.2 Å². The lowest BCUT2D eigenvalue weighted by Crippen LogP contribution is -2.54. The fraction of sp³-hybridized carbons (Fsp3) is 0.529. The molecule has 2 aromatic rings. The van der Waals surface area contributed by atoms with E-state index in [0.717, 1.165) is 18.4 Å². The monoisotopic (exact) mass is 327 g/mol. The van der Waals surface area contributed by atoms with E-state index in [1.807, 2.05) is 35.2 Å². The van der Waals surface area contributed by atoms with Gasteiger partial charge in [0.25, 0.3) is 5.91 Å². The molecule has 1 aliphatic carbocycles. The summed E-state index contributed by atoms with van der Waals surface area (Å²) in [5.74, 6) is 0.0306. The number of hydrogen-bond acceptors (Lipinski definition) is 5. The Morgan fingerprint density at radius 3 is 2.71 bits per heavy atom. The minimum atomic E-state index is -0.530. The largest absolute Gasteiger partial charge is 0.371 e. The number of hydrogen-bond donors (Lipinski definition) is 0. The highest BCUT2D eigenvalue weighted by molar-refractivity contribution is 5.83. The second-order valence-electron chi connectivity index (χ2n) is 6.60. The third-order valence-electron chi connectivity index (χ3n) is 5.05. The molecule has 2 heterocycles. The van der Waals surface area contributed by atoms with Gasteiger partial charge in [-0.2, -0.15) is 0 Å². The summed E-state index contributed by atoms with van der Waals surface area (Å²) in [7, 11) is 0. The molecule has 0 bridgehead atoms. The van der Waals surface area contributed by atoms with Crippen LogP contribution in [0.2, 0.25) is 0 Å². The number of ether oxygens (including phenoxy) is 1. The van der Waals surface area contributed by atoms with Crippen LogP contribution < -0.4 is 0 Å². The van der Waals surface area contributed by atoms with E-state index in [4.69, 9.17) is 4.74 Å². The molecule has 0 N–H and O–H groups in total. The van der Waals surface area contributed by atoms with E-state index in [2.05, 4.69) is 15.5 Å². The Morgan fingerprint density at radius 2 is 2.00 bits per heavy atom. The highest BCUT2D eigenvalue weighted by Gasteiger charge is 2.42. The van der Waals surface area contributed by atoms with Crippen LogP contribution in [0.1, 0.15) is 37.3 Å². The normalized spacial score (nSPS) is 21.1. The summed E-state index contributed by atoms with van der Waals surface area (Å²) in [5, 5.41) is 11.4. The summed E-state index contributed by atoms with van der Waals surface area (Å²) in [6.45, 7) is 1.88. The van der Waals surface area contributed by atoms with E-state index in [9.17, 15) is 4.79 Å². The minimum Gasteiger partial charge on any atom is -0.371 e. The van der Waals surface area contributed by atoms with Crippen LogP contribution in [0, 0.1) is 0 Å². The van der Waals surface area contributed by atoms with Gasteiger partial charge in [-0.3, -0.25) is 4.79 Å². The summed E-state index contributed by atoms with van der Waals surface area (Å²) in [4.78, 5) is 15.2. The quantitative estimate of drug-likeness (QED) is 0.853. The van der Waals surface area contributed by atoms with E-state index in [-0.39, 0.29) is 11.5 Å². The molecule has 2 fully saturated rings. The Kier molecular flexibility index (Phi) is 4.02. The highest BCUT2D eigenvalue weighted by Crippen LogP contribution is 2.36. The molecule has 1 aromatic carbocycles. The lowest BCUT2D eigenvalue weighted by atomic mass is 9.98. The zero-order chi connectivity index (χ0) is 16.4. The van der Waals surface area contributed by atoms with Gasteiger partial charge < -0.3 is 9.64 Å². The number of tetrazole rings is 1. The lowest BCUT2D eigenvalue weighted by molar-refractivity contribution is -0.152. The van der Waals surface area contributed by atoms with Gasteiger partial charge in [0.15, 0.2) is 6.04 Å². The molecule has 24 heavy (non-hydrogen) atoms. The number of morpholine rings is 1. The maximum absolute atomic E-state index is 13.3. The number of carbonyl (C=O) groups is 1. The summed E-state index contributed by atoms with van der Waals surface area (Å²) in [6, 6.07) is 9.15. The standard InChI is InChI=1S/C17H21N5O2/c23-16(21-10-11-24-17(12-21)8-4-5-9-17)15(22-13-18-19-20-22)14-6-2-1-3-7-14/h1-3,6-7,13,15H,4-5,8-12H2/t15-/m0/s1. The molecule has 1 atom stereocenters. The van der Waals surface area contributed by atoms with Crippen molar-refractivity contribution in [2.75, 3.05) is 19.7 Å². The number of benzene rings is 1. The molecule has 1 spiro atoms. The maximum atomic E-state index is 13.3. The summed E-state index contributed by atoms with van der Waals surface area (Å²) in [6.07, 6.45) is 5.94. The first-order valence-corrected chi connectivity index (χ1v) is 8.48. The summed E-state index contributed by atoms with van der Waals surface area (Å²) in [5.41, 5.74) is 0.747. The molecule has 0 unspecified atom stereocenters. The smallest absolute Gasteiger partial charge is 0.252 e. The molecule has 1 aromatic heterocycles. The first kappa shape index (κ1) is 15.3. The van der Waals surface area contributed by atoms with Crippen molar-refractivity contribution in [1.29, 1.82) is 0 Å². The second kappa shape index (κ2) is 6.32. The Labute approximate surface area is 140 Å². The van der Waals surface area contributed by atoms with Gasteiger partial charge in [-0.15, -0.1) is 5.10 Å². The van der Waals surface area contributed by atoms with Crippen molar-refractivity contribution in [3.05, 3.63) is 42.2 Å². The number of aromatic nitrogens is 4. The van der Waals surface area contributed by atoms with Gasteiger partial charge in [0.2, 0.25) is 0 Å². The summed E-state index contributed by atoms with van der Waals surface area (Å²) < 4.78 is 7.58. The third-order valence-corrected chi connectivity index (χ3v) is 5.05. The SMILES string of the molecule is O=C([C@H](c1ccccc1)n1cnnn1)N1CCOC2(CCCC2)C1. The Hall–Kier alpha value is -2.28. The summed E-state index contributed by atoms with van der Waals surface area (Å²) >= 11 is 0. The molecule has 1 saturated carbocycles. The van der Waals surface area contributed by atoms with Crippen molar-refractivity contribution in [3.8, 4) is 0 Å². The Bertz CT molecular complexity index is 682. The molecular formula is C17H21N5O2. The first-order chi connectivity index (χ1) is 11.8. The Balaban J connectivity index is 1.62. The number of carbonyl (C=O) groups excluding carboxylic acids is 1. The van der Waals surface area contributed by atoms with Crippen LogP contribution in [0.25, 0.3) is 0 Å². The fourth-order valence-electron chi connectivity index (χ4n) is 3.86. The Morgan fingerprint density at radius 1 is 1.21 bits per heavy atom. The molecule has 0 radical (unpaired) electrons. The topological polar surface area (TPSA) is 73.1 Å². The average Bonchev–Trinajstić information content (AvgIpc) is 3.29.